The molecule has 2 N–H and O–H groups in total. The Morgan fingerprint density at radius 1 is 1.50 bits per heavy atom. The Morgan fingerprint density at radius 2 is 2.14 bits per heavy atom. The monoisotopic (exact) mass is 221 g/mol. The molecule has 1 aliphatic rings. The number of hydrogen-bond acceptors (Lipinski definition) is 4. The molecule has 1 fully saturated rings. The van der Waals surface area contributed by atoms with Crippen LogP contribution in [0.3, 0.4) is 0 Å². The largest absolute Gasteiger partial charge is 0.469 e. The zero-order valence-corrected chi connectivity index (χ0v) is 8.92. The molecule has 0 heterocycles. The van der Waals surface area contributed by atoms with Gasteiger partial charge in [-0.3, -0.25) is 4.79 Å². The molecule has 1 saturated carbocycles. The molecular formula is C8H15NO4S. The maximum Gasteiger partial charge on any atom is 0.305 e. The summed E-state index contributed by atoms with van der Waals surface area (Å²) in [6, 6.07) is 0. The lowest BCUT2D eigenvalue weighted by Gasteiger charge is -2.08. The van der Waals surface area contributed by atoms with E-state index in [9.17, 15) is 13.2 Å². The smallest absolute Gasteiger partial charge is 0.305 e. The number of sulfonamides is 1. The van der Waals surface area contributed by atoms with Gasteiger partial charge in [0.15, 0.2) is 0 Å². The number of nitrogens with two attached hydrogens (primary N) is 1. The molecule has 0 amide bonds. The molecule has 0 aromatic rings. The van der Waals surface area contributed by atoms with Gasteiger partial charge in [0.25, 0.3) is 0 Å². The Kier molecular flexibility index (Phi) is 3.49. The van der Waals surface area contributed by atoms with Crippen molar-refractivity contribution >= 4 is 16.0 Å². The van der Waals surface area contributed by atoms with E-state index in [1.54, 1.807) is 0 Å². The first-order valence-electron chi connectivity index (χ1n) is 4.52. The average Bonchev–Trinajstić information content (AvgIpc) is 2.51. The minimum absolute atomic E-state index is 0.103. The van der Waals surface area contributed by atoms with E-state index in [0.29, 0.717) is 19.3 Å². The van der Waals surface area contributed by atoms with Gasteiger partial charge in [-0.15, -0.1) is 0 Å². The average molecular weight is 221 g/mol. The number of methoxy groups -OCH3 is 1. The molecule has 82 valence electrons. The Hall–Kier alpha value is -0.620. The van der Waals surface area contributed by atoms with Crippen molar-refractivity contribution in [2.75, 3.05) is 7.11 Å². The van der Waals surface area contributed by atoms with Crippen molar-refractivity contribution < 1.29 is 17.9 Å². The van der Waals surface area contributed by atoms with Gasteiger partial charge in [0.05, 0.1) is 12.4 Å². The Morgan fingerprint density at radius 3 is 2.57 bits per heavy atom. The van der Waals surface area contributed by atoms with E-state index in [2.05, 4.69) is 4.74 Å². The minimum Gasteiger partial charge on any atom is -0.469 e. The van der Waals surface area contributed by atoms with E-state index in [4.69, 9.17) is 5.14 Å². The molecule has 14 heavy (non-hydrogen) atoms. The van der Waals surface area contributed by atoms with E-state index >= 15 is 0 Å². The summed E-state index contributed by atoms with van der Waals surface area (Å²) in [4.78, 5) is 10.9. The second-order valence-corrected chi connectivity index (χ2v) is 5.52. The molecule has 0 spiro atoms. The van der Waals surface area contributed by atoms with Crippen LogP contribution in [-0.4, -0.2) is 26.7 Å². The maximum atomic E-state index is 11.0. The second-order valence-electron chi connectivity index (χ2n) is 3.67. The van der Waals surface area contributed by atoms with Gasteiger partial charge in [-0.05, 0) is 25.2 Å². The molecule has 2 unspecified atom stereocenters. The van der Waals surface area contributed by atoms with Crippen LogP contribution in [0.25, 0.3) is 0 Å². The standard InChI is InChI=1S/C8H15NO4S/c1-13-8(10)5-6-2-3-7(4-6)14(9,11)12/h6-7H,2-5H2,1H3,(H2,9,11,12). The van der Waals surface area contributed by atoms with Gasteiger partial charge in [0.1, 0.15) is 0 Å². The van der Waals surface area contributed by atoms with Gasteiger partial charge >= 0.3 is 5.97 Å². The van der Waals surface area contributed by atoms with Gasteiger partial charge < -0.3 is 4.74 Å². The molecule has 6 heteroatoms. The van der Waals surface area contributed by atoms with Crippen molar-refractivity contribution in [3.05, 3.63) is 0 Å². The highest BCUT2D eigenvalue weighted by atomic mass is 32.2. The molecule has 0 radical (unpaired) electrons. The highest BCUT2D eigenvalue weighted by Gasteiger charge is 2.33. The molecule has 1 aliphatic carbocycles. The summed E-state index contributed by atoms with van der Waals surface area (Å²) in [5, 5.41) is 4.55. The lowest BCUT2D eigenvalue weighted by Crippen LogP contribution is -2.26. The van der Waals surface area contributed by atoms with E-state index in [-0.39, 0.29) is 11.9 Å². The third-order valence-corrected chi connectivity index (χ3v) is 4.00. The Bertz CT molecular complexity index is 311. The van der Waals surface area contributed by atoms with Crippen LogP contribution >= 0.6 is 0 Å². The summed E-state index contributed by atoms with van der Waals surface area (Å²) in [7, 11) is -2.10. The summed E-state index contributed by atoms with van der Waals surface area (Å²) in [5.74, 6) is -0.184. The first kappa shape index (κ1) is 11.5. The van der Waals surface area contributed by atoms with Crippen LogP contribution in [0.4, 0.5) is 0 Å². The Labute approximate surface area is 83.7 Å². The normalized spacial score (nSPS) is 27.6. The van der Waals surface area contributed by atoms with Crippen LogP contribution in [-0.2, 0) is 19.6 Å². The molecular weight excluding hydrogens is 206 g/mol. The third-order valence-electron chi connectivity index (χ3n) is 2.64. The van der Waals surface area contributed by atoms with Crippen molar-refractivity contribution in [1.82, 2.24) is 0 Å². The number of carbonyl (C=O) groups is 1. The van der Waals surface area contributed by atoms with Crippen LogP contribution in [0.2, 0.25) is 0 Å². The topological polar surface area (TPSA) is 86.5 Å². The molecule has 0 aromatic carbocycles. The van der Waals surface area contributed by atoms with E-state index < -0.39 is 15.3 Å². The highest BCUT2D eigenvalue weighted by molar-refractivity contribution is 7.89. The number of carbonyl (C=O) groups excluding carboxylic acids is 1. The highest BCUT2D eigenvalue weighted by Crippen LogP contribution is 2.31. The van der Waals surface area contributed by atoms with Gasteiger partial charge in [0, 0.05) is 6.42 Å². The van der Waals surface area contributed by atoms with Crippen LogP contribution in [0.15, 0.2) is 0 Å². The number of esters is 1. The van der Waals surface area contributed by atoms with Crippen molar-refractivity contribution in [3.8, 4) is 0 Å². The number of primary sulfonamides is 1. The molecule has 0 bridgehead atoms. The van der Waals surface area contributed by atoms with Crippen molar-refractivity contribution in [3.63, 3.8) is 0 Å². The SMILES string of the molecule is COC(=O)CC1CCC(S(N)(=O)=O)C1. The zero-order valence-electron chi connectivity index (χ0n) is 8.10. The first-order chi connectivity index (χ1) is 6.43. The van der Waals surface area contributed by atoms with Crippen LogP contribution in [0.5, 0.6) is 0 Å². The van der Waals surface area contributed by atoms with Crippen molar-refractivity contribution in [2.45, 2.75) is 30.9 Å². The summed E-state index contributed by atoms with van der Waals surface area (Å²) in [6.45, 7) is 0. The van der Waals surface area contributed by atoms with Gasteiger partial charge in [-0.25, -0.2) is 13.6 Å². The van der Waals surface area contributed by atoms with E-state index in [1.165, 1.54) is 7.11 Å². The van der Waals surface area contributed by atoms with Crippen molar-refractivity contribution in [1.29, 1.82) is 0 Å². The summed E-state index contributed by atoms with van der Waals surface area (Å²) in [6.07, 6.45) is 2.06. The quantitative estimate of drug-likeness (QED) is 0.680. The third kappa shape index (κ3) is 2.95. The Balaban J connectivity index is 2.46. The van der Waals surface area contributed by atoms with Crippen molar-refractivity contribution in [2.24, 2.45) is 11.1 Å². The molecule has 5 nitrogen and oxygen atoms in total. The van der Waals surface area contributed by atoms with E-state index in [0.717, 1.165) is 6.42 Å². The minimum atomic E-state index is -3.43. The van der Waals surface area contributed by atoms with Crippen LogP contribution < -0.4 is 5.14 Å². The summed E-state index contributed by atoms with van der Waals surface area (Å²) < 4.78 is 26.5. The fraction of sp³-hybridized carbons (Fsp3) is 0.875. The molecule has 2 atom stereocenters. The fourth-order valence-corrected chi connectivity index (χ4v) is 2.84. The van der Waals surface area contributed by atoms with Gasteiger partial charge in [-0.1, -0.05) is 0 Å². The lowest BCUT2D eigenvalue weighted by molar-refractivity contribution is -0.141. The predicted octanol–water partition coefficient (Wildman–Crippen LogP) is 0.00670. The maximum absolute atomic E-state index is 11.0. The number of rotatable bonds is 3. The fourth-order valence-electron chi connectivity index (χ4n) is 1.83. The molecule has 0 aromatic heterocycles. The predicted molar refractivity (Wildman–Crippen MR) is 50.9 cm³/mol. The van der Waals surface area contributed by atoms with Crippen LogP contribution in [0, 0.1) is 5.92 Å². The van der Waals surface area contributed by atoms with Gasteiger partial charge in [0.2, 0.25) is 10.0 Å². The van der Waals surface area contributed by atoms with Crippen LogP contribution in [0.1, 0.15) is 25.7 Å². The number of hydrogen-bond donors (Lipinski definition) is 1. The number of ether oxygens (including phenoxy) is 1. The molecule has 0 saturated heterocycles. The molecule has 1 rings (SSSR count). The lowest BCUT2D eigenvalue weighted by atomic mass is 10.0. The zero-order chi connectivity index (χ0) is 10.8. The van der Waals surface area contributed by atoms with E-state index in [1.807, 2.05) is 0 Å². The first-order valence-corrected chi connectivity index (χ1v) is 6.13. The summed E-state index contributed by atoms with van der Waals surface area (Å²) in [5.41, 5.74) is 0. The second kappa shape index (κ2) is 4.27. The summed E-state index contributed by atoms with van der Waals surface area (Å²) >= 11 is 0. The van der Waals surface area contributed by atoms with Gasteiger partial charge in [-0.2, -0.15) is 0 Å². The molecule has 0 aliphatic heterocycles.